The molecule has 0 aliphatic carbocycles. The largest absolute Gasteiger partial charge is 0.442 e. The number of hydrogen-bond acceptors (Lipinski definition) is 4. The van der Waals surface area contributed by atoms with Crippen LogP contribution in [0.1, 0.15) is 22.1 Å². The number of carbonyl (C=O) groups excluding carboxylic acids is 1. The zero-order chi connectivity index (χ0) is 17.3. The lowest BCUT2D eigenvalue weighted by Crippen LogP contribution is -2.38. The highest BCUT2D eigenvalue weighted by Crippen LogP contribution is 2.34. The van der Waals surface area contributed by atoms with Gasteiger partial charge in [-0.3, -0.25) is 4.79 Å². The summed E-state index contributed by atoms with van der Waals surface area (Å²) in [4.78, 5) is 16.7. The molecule has 0 aliphatic rings. The molecule has 3 heterocycles. The summed E-state index contributed by atoms with van der Waals surface area (Å²) in [5.74, 6) is -0.796. The SMILES string of the molecule is Cn1ccc(C(NC(=O)c2ncoc2-c2cccs2)C(F)(F)F)c1. The summed E-state index contributed by atoms with van der Waals surface area (Å²) in [6.07, 6.45) is -0.812. The van der Waals surface area contributed by atoms with Gasteiger partial charge < -0.3 is 14.3 Å². The molecule has 0 spiro atoms. The van der Waals surface area contributed by atoms with Crippen LogP contribution in [0.15, 0.2) is 46.8 Å². The van der Waals surface area contributed by atoms with Crippen molar-refractivity contribution in [3.8, 4) is 10.6 Å². The van der Waals surface area contributed by atoms with E-state index < -0.39 is 18.1 Å². The smallest absolute Gasteiger partial charge is 0.412 e. The number of thiophene rings is 1. The van der Waals surface area contributed by atoms with E-state index in [1.165, 1.54) is 34.4 Å². The van der Waals surface area contributed by atoms with Crippen LogP contribution in [0, 0.1) is 0 Å². The number of alkyl halides is 3. The van der Waals surface area contributed by atoms with Gasteiger partial charge in [-0.1, -0.05) is 6.07 Å². The zero-order valence-electron chi connectivity index (χ0n) is 12.4. The highest BCUT2D eigenvalue weighted by atomic mass is 32.1. The number of nitrogens with one attached hydrogen (secondary N) is 1. The van der Waals surface area contributed by atoms with Crippen LogP contribution in [0.25, 0.3) is 10.6 Å². The van der Waals surface area contributed by atoms with Gasteiger partial charge in [-0.2, -0.15) is 13.2 Å². The maximum atomic E-state index is 13.3. The minimum atomic E-state index is -4.64. The van der Waals surface area contributed by atoms with Crippen LogP contribution in [-0.4, -0.2) is 21.6 Å². The predicted molar refractivity (Wildman–Crippen MR) is 81.5 cm³/mol. The Balaban J connectivity index is 1.89. The maximum absolute atomic E-state index is 13.3. The molecule has 3 aromatic rings. The number of aryl methyl sites for hydroxylation is 1. The van der Waals surface area contributed by atoms with Crippen LogP contribution in [0.4, 0.5) is 13.2 Å². The minimum absolute atomic E-state index is 0.0560. The topological polar surface area (TPSA) is 60.1 Å². The van der Waals surface area contributed by atoms with Crippen LogP contribution in [0.3, 0.4) is 0 Å². The molecule has 0 saturated carbocycles. The molecule has 0 saturated heterocycles. The van der Waals surface area contributed by atoms with Gasteiger partial charge in [0.05, 0.1) is 4.88 Å². The van der Waals surface area contributed by atoms with E-state index in [0.717, 1.165) is 6.39 Å². The molecule has 9 heteroatoms. The number of rotatable bonds is 4. The highest BCUT2D eigenvalue weighted by Gasteiger charge is 2.43. The summed E-state index contributed by atoms with van der Waals surface area (Å²) in [5, 5.41) is 3.76. The summed E-state index contributed by atoms with van der Waals surface area (Å²) < 4.78 is 46.6. The predicted octanol–water partition coefficient (Wildman–Crippen LogP) is 3.78. The molecular formula is C15H12F3N3O2S. The Morgan fingerprint density at radius 2 is 2.21 bits per heavy atom. The van der Waals surface area contributed by atoms with Crippen molar-refractivity contribution in [3.05, 3.63) is 53.6 Å². The lowest BCUT2D eigenvalue weighted by Gasteiger charge is -2.20. The van der Waals surface area contributed by atoms with Crippen LogP contribution < -0.4 is 5.32 Å². The fourth-order valence-electron chi connectivity index (χ4n) is 2.24. The van der Waals surface area contributed by atoms with Crippen molar-refractivity contribution in [1.29, 1.82) is 0 Å². The van der Waals surface area contributed by atoms with Crippen molar-refractivity contribution in [2.24, 2.45) is 7.05 Å². The van der Waals surface area contributed by atoms with Gasteiger partial charge in [0.1, 0.15) is 0 Å². The van der Waals surface area contributed by atoms with E-state index in [4.69, 9.17) is 4.42 Å². The summed E-state index contributed by atoms with van der Waals surface area (Å²) in [6, 6.07) is 2.62. The number of carbonyl (C=O) groups is 1. The summed E-state index contributed by atoms with van der Waals surface area (Å²) in [6.45, 7) is 0. The number of oxazole rings is 1. The standard InChI is InChI=1S/C15H12F3N3O2S/c1-21-5-4-9(7-21)13(15(16,17)18)20-14(22)11-12(23-8-19-11)10-3-2-6-24-10/h2-8,13H,1H3,(H,20,22). The van der Waals surface area contributed by atoms with Gasteiger partial charge in [0, 0.05) is 25.0 Å². The molecule has 0 fully saturated rings. The number of amides is 1. The van der Waals surface area contributed by atoms with Crippen LogP contribution in [0.2, 0.25) is 0 Å². The van der Waals surface area contributed by atoms with Gasteiger partial charge in [-0.05, 0) is 17.5 Å². The molecule has 126 valence electrons. The van der Waals surface area contributed by atoms with E-state index in [-0.39, 0.29) is 17.0 Å². The molecule has 24 heavy (non-hydrogen) atoms. The number of aromatic nitrogens is 2. The van der Waals surface area contributed by atoms with E-state index in [0.29, 0.717) is 4.88 Å². The van der Waals surface area contributed by atoms with Crippen molar-refractivity contribution in [1.82, 2.24) is 14.9 Å². The Hall–Kier alpha value is -2.55. The van der Waals surface area contributed by atoms with Crippen LogP contribution in [0.5, 0.6) is 0 Å². The Morgan fingerprint density at radius 1 is 1.42 bits per heavy atom. The second kappa shape index (κ2) is 6.16. The van der Waals surface area contributed by atoms with Crippen molar-refractivity contribution in [3.63, 3.8) is 0 Å². The molecule has 1 N–H and O–H groups in total. The van der Waals surface area contributed by atoms with E-state index in [1.54, 1.807) is 24.6 Å². The third-order valence-corrected chi connectivity index (χ3v) is 4.19. The number of hydrogen-bond donors (Lipinski definition) is 1. The normalized spacial score (nSPS) is 13.0. The monoisotopic (exact) mass is 355 g/mol. The van der Waals surface area contributed by atoms with E-state index in [2.05, 4.69) is 4.98 Å². The lowest BCUT2D eigenvalue weighted by atomic mass is 10.1. The van der Waals surface area contributed by atoms with Crippen LogP contribution >= 0.6 is 11.3 Å². The molecule has 5 nitrogen and oxygen atoms in total. The molecule has 1 amide bonds. The van der Waals surface area contributed by atoms with Gasteiger partial charge in [0.2, 0.25) is 0 Å². The average Bonchev–Trinajstić information content (AvgIpc) is 3.23. The summed E-state index contributed by atoms with van der Waals surface area (Å²) in [7, 11) is 1.60. The van der Waals surface area contributed by atoms with Crippen molar-refractivity contribution >= 4 is 17.2 Å². The molecule has 0 radical (unpaired) electrons. The first kappa shape index (κ1) is 16.3. The van der Waals surface area contributed by atoms with Gasteiger partial charge in [0.15, 0.2) is 23.9 Å². The first-order chi connectivity index (χ1) is 11.4. The Morgan fingerprint density at radius 3 is 2.79 bits per heavy atom. The minimum Gasteiger partial charge on any atom is -0.442 e. The molecule has 3 rings (SSSR count). The van der Waals surface area contributed by atoms with E-state index in [9.17, 15) is 18.0 Å². The first-order valence-corrected chi connectivity index (χ1v) is 7.71. The Bertz CT molecular complexity index is 836. The van der Waals surface area contributed by atoms with Crippen molar-refractivity contribution in [2.75, 3.05) is 0 Å². The fourth-order valence-corrected chi connectivity index (χ4v) is 2.95. The third-order valence-electron chi connectivity index (χ3n) is 3.32. The molecular weight excluding hydrogens is 343 g/mol. The molecule has 0 bridgehead atoms. The molecule has 0 aliphatic heterocycles. The summed E-state index contributed by atoms with van der Waals surface area (Å²) in [5.41, 5.74) is -0.234. The van der Waals surface area contributed by atoms with Crippen molar-refractivity contribution in [2.45, 2.75) is 12.2 Å². The first-order valence-electron chi connectivity index (χ1n) is 6.83. The lowest BCUT2D eigenvalue weighted by molar-refractivity contribution is -0.155. The quantitative estimate of drug-likeness (QED) is 0.775. The summed E-state index contributed by atoms with van der Waals surface area (Å²) >= 11 is 1.30. The van der Waals surface area contributed by atoms with Gasteiger partial charge in [0.25, 0.3) is 5.91 Å². The zero-order valence-corrected chi connectivity index (χ0v) is 13.2. The van der Waals surface area contributed by atoms with Gasteiger partial charge in [-0.15, -0.1) is 11.3 Å². The second-order valence-corrected chi connectivity index (χ2v) is 6.01. The second-order valence-electron chi connectivity index (χ2n) is 5.07. The number of nitrogens with zero attached hydrogens (tertiary/aromatic N) is 2. The molecule has 1 atom stereocenters. The molecule has 0 aromatic carbocycles. The van der Waals surface area contributed by atoms with Gasteiger partial charge >= 0.3 is 6.18 Å². The third kappa shape index (κ3) is 3.21. The Kier molecular flexibility index (Phi) is 4.18. The fraction of sp³-hybridized carbons (Fsp3) is 0.200. The average molecular weight is 355 g/mol. The van der Waals surface area contributed by atoms with E-state index in [1.807, 2.05) is 5.32 Å². The molecule has 1 unspecified atom stereocenters. The van der Waals surface area contributed by atoms with Crippen molar-refractivity contribution < 1.29 is 22.4 Å². The van der Waals surface area contributed by atoms with Crippen LogP contribution in [-0.2, 0) is 7.05 Å². The van der Waals surface area contributed by atoms with E-state index >= 15 is 0 Å². The number of halogens is 3. The highest BCUT2D eigenvalue weighted by molar-refractivity contribution is 7.13. The van der Waals surface area contributed by atoms with Gasteiger partial charge in [-0.25, -0.2) is 4.98 Å². The Labute approximate surface area is 138 Å². The molecule has 3 aromatic heterocycles. The maximum Gasteiger partial charge on any atom is 0.412 e.